The number of nitrogens with zero attached hydrogens (tertiary/aromatic N) is 1. The molecule has 1 aromatic rings. The summed E-state index contributed by atoms with van der Waals surface area (Å²) in [7, 11) is 3.15. The van der Waals surface area contributed by atoms with Crippen LogP contribution in [0.5, 0.6) is 0 Å². The van der Waals surface area contributed by atoms with Gasteiger partial charge in [0, 0.05) is 30.9 Å². The monoisotopic (exact) mass is 477 g/mol. The highest BCUT2D eigenvalue weighted by Crippen LogP contribution is 2.53. The van der Waals surface area contributed by atoms with Gasteiger partial charge in [-0.1, -0.05) is 19.0 Å². The van der Waals surface area contributed by atoms with Gasteiger partial charge >= 0.3 is 11.9 Å². The van der Waals surface area contributed by atoms with Crippen LogP contribution in [-0.4, -0.2) is 43.5 Å². The summed E-state index contributed by atoms with van der Waals surface area (Å²) < 4.78 is 21.8. The van der Waals surface area contributed by atoms with Crippen LogP contribution in [0.2, 0.25) is 0 Å². The van der Waals surface area contributed by atoms with Crippen LogP contribution < -0.4 is 0 Å². The van der Waals surface area contributed by atoms with Gasteiger partial charge in [-0.3, -0.25) is 9.59 Å². The lowest BCUT2D eigenvalue weighted by Crippen LogP contribution is -2.30. The van der Waals surface area contributed by atoms with Crippen molar-refractivity contribution in [2.75, 3.05) is 20.8 Å². The van der Waals surface area contributed by atoms with Crippen molar-refractivity contribution in [1.29, 1.82) is 0 Å². The minimum atomic E-state index is -0.560. The number of rotatable bonds is 12. The number of esters is 2. The number of aromatic nitrogens is 1. The van der Waals surface area contributed by atoms with Crippen molar-refractivity contribution in [3.8, 4) is 0 Å². The van der Waals surface area contributed by atoms with E-state index in [4.69, 9.17) is 18.7 Å². The third-order valence-electron chi connectivity index (χ3n) is 6.90. The van der Waals surface area contributed by atoms with Gasteiger partial charge in [0.15, 0.2) is 0 Å². The Kier molecular flexibility index (Phi) is 8.48. The summed E-state index contributed by atoms with van der Waals surface area (Å²) in [4.78, 5) is 24.6. The van der Waals surface area contributed by atoms with Crippen molar-refractivity contribution in [3.05, 3.63) is 17.0 Å². The summed E-state index contributed by atoms with van der Waals surface area (Å²) in [6.07, 6.45) is 6.46. The van der Waals surface area contributed by atoms with E-state index in [9.17, 15) is 9.59 Å². The maximum absolute atomic E-state index is 12.7. The molecular formula is C27H43NO6. The van der Waals surface area contributed by atoms with Gasteiger partial charge in [0.1, 0.15) is 11.4 Å². The van der Waals surface area contributed by atoms with E-state index in [-0.39, 0.29) is 36.1 Å². The largest absolute Gasteiger partial charge is 0.469 e. The fourth-order valence-electron chi connectivity index (χ4n) is 5.36. The van der Waals surface area contributed by atoms with Gasteiger partial charge in [-0.25, -0.2) is 0 Å². The van der Waals surface area contributed by atoms with E-state index in [0.29, 0.717) is 24.2 Å². The minimum Gasteiger partial charge on any atom is -0.469 e. The smallest absolute Gasteiger partial charge is 0.306 e. The molecule has 34 heavy (non-hydrogen) atoms. The molecule has 3 rings (SSSR count). The Bertz CT molecular complexity index is 842. The topological polar surface area (TPSA) is 87.9 Å². The Morgan fingerprint density at radius 3 is 2.29 bits per heavy atom. The van der Waals surface area contributed by atoms with E-state index in [2.05, 4.69) is 19.0 Å². The van der Waals surface area contributed by atoms with E-state index < -0.39 is 5.60 Å². The molecule has 0 radical (unpaired) electrons. The second kappa shape index (κ2) is 10.8. The minimum absolute atomic E-state index is 0.169. The highest BCUT2D eigenvalue weighted by atomic mass is 16.6. The maximum atomic E-state index is 12.7. The van der Waals surface area contributed by atoms with Gasteiger partial charge in [-0.05, 0) is 76.5 Å². The third kappa shape index (κ3) is 7.30. The molecule has 2 saturated carbocycles. The molecule has 1 heterocycles. The van der Waals surface area contributed by atoms with Crippen LogP contribution in [-0.2, 0) is 23.8 Å². The summed E-state index contributed by atoms with van der Waals surface area (Å²) in [6.45, 7) is 10.9. The molecule has 0 bridgehead atoms. The van der Waals surface area contributed by atoms with E-state index in [1.165, 1.54) is 12.7 Å². The molecule has 2 aliphatic rings. The molecule has 7 nitrogen and oxygen atoms in total. The summed E-state index contributed by atoms with van der Waals surface area (Å²) >= 11 is 0. The average molecular weight is 478 g/mol. The zero-order valence-electron chi connectivity index (χ0n) is 22.1. The van der Waals surface area contributed by atoms with Gasteiger partial charge in [-0.2, -0.15) is 0 Å². The Morgan fingerprint density at radius 2 is 1.74 bits per heavy atom. The highest BCUT2D eigenvalue weighted by molar-refractivity contribution is 5.72. The molecule has 0 N–H and O–H groups in total. The van der Waals surface area contributed by atoms with Crippen LogP contribution in [0.15, 0.2) is 4.52 Å². The Morgan fingerprint density at radius 1 is 1.06 bits per heavy atom. The maximum Gasteiger partial charge on any atom is 0.306 e. The van der Waals surface area contributed by atoms with Crippen LogP contribution in [0, 0.1) is 11.3 Å². The second-order valence-corrected chi connectivity index (χ2v) is 12.1. The van der Waals surface area contributed by atoms with Crippen molar-refractivity contribution < 1.29 is 28.3 Å². The van der Waals surface area contributed by atoms with Gasteiger partial charge in [0.2, 0.25) is 0 Å². The zero-order valence-corrected chi connectivity index (χ0v) is 22.1. The molecular weight excluding hydrogens is 434 g/mol. The first-order chi connectivity index (χ1) is 15.9. The molecule has 0 amide bonds. The molecule has 1 atom stereocenters. The SMILES string of the molecule is COCC(C)(C)CC1CC(c2onc([C@@H](CCC(=O)OC)CC(=O)OC(C)(C)C)c2C2CC2)C1. The molecule has 0 saturated heterocycles. The van der Waals surface area contributed by atoms with Gasteiger partial charge in [-0.15, -0.1) is 0 Å². The summed E-state index contributed by atoms with van der Waals surface area (Å²) in [5.74, 6) is 1.70. The average Bonchev–Trinajstić information content (AvgIpc) is 3.44. The molecule has 2 aliphatic carbocycles. The third-order valence-corrected chi connectivity index (χ3v) is 6.90. The number of carbonyl (C=O) groups is 2. The lowest BCUT2D eigenvalue weighted by molar-refractivity contribution is -0.155. The Hall–Kier alpha value is -1.89. The standard InChI is InChI=1S/C27H43NO6/c1-26(2,3)33-22(30)14-19(10-11-21(29)32-7)24-23(18-8-9-18)25(34-28-24)20-12-17(13-20)15-27(4,5)16-31-6/h17-20H,8-16H2,1-7H3/t17?,19-,20?/m0/s1. The van der Waals surface area contributed by atoms with E-state index in [1.807, 2.05) is 20.8 Å². The lowest BCUT2D eigenvalue weighted by Gasteiger charge is -2.39. The Labute approximate surface area is 204 Å². The number of ether oxygens (including phenoxy) is 3. The summed E-state index contributed by atoms with van der Waals surface area (Å²) in [6, 6.07) is 0. The molecule has 0 aromatic carbocycles. The van der Waals surface area contributed by atoms with Gasteiger partial charge < -0.3 is 18.7 Å². The summed E-state index contributed by atoms with van der Waals surface area (Å²) in [5, 5.41) is 4.51. The molecule has 192 valence electrons. The van der Waals surface area contributed by atoms with Crippen molar-refractivity contribution >= 4 is 11.9 Å². The quantitative estimate of drug-likeness (QED) is 0.348. The highest BCUT2D eigenvalue weighted by Gasteiger charge is 2.43. The number of hydrogen-bond donors (Lipinski definition) is 0. The molecule has 1 aromatic heterocycles. The first-order valence-corrected chi connectivity index (χ1v) is 12.7. The normalized spacial score (nSPS) is 21.6. The molecule has 7 heteroatoms. The fourth-order valence-corrected chi connectivity index (χ4v) is 5.36. The van der Waals surface area contributed by atoms with Crippen LogP contribution >= 0.6 is 0 Å². The number of methoxy groups -OCH3 is 2. The number of hydrogen-bond acceptors (Lipinski definition) is 7. The van der Waals surface area contributed by atoms with Crippen molar-refractivity contribution in [3.63, 3.8) is 0 Å². The second-order valence-electron chi connectivity index (χ2n) is 12.1. The number of carbonyl (C=O) groups excluding carboxylic acids is 2. The predicted molar refractivity (Wildman–Crippen MR) is 129 cm³/mol. The van der Waals surface area contributed by atoms with E-state index in [0.717, 1.165) is 50.2 Å². The molecule has 0 unspecified atom stereocenters. The van der Waals surface area contributed by atoms with Crippen LogP contribution in [0.1, 0.15) is 121 Å². The van der Waals surface area contributed by atoms with Gasteiger partial charge in [0.05, 0.1) is 25.8 Å². The summed E-state index contributed by atoms with van der Waals surface area (Å²) in [5.41, 5.74) is 1.65. The van der Waals surface area contributed by atoms with Gasteiger partial charge in [0.25, 0.3) is 0 Å². The van der Waals surface area contributed by atoms with Crippen molar-refractivity contribution in [1.82, 2.24) is 5.16 Å². The lowest BCUT2D eigenvalue weighted by atomic mass is 9.66. The molecule has 0 spiro atoms. The zero-order chi connectivity index (χ0) is 25.1. The molecule has 0 aliphatic heterocycles. The van der Waals surface area contributed by atoms with Crippen molar-refractivity contribution in [2.24, 2.45) is 11.3 Å². The first kappa shape index (κ1) is 26.7. The van der Waals surface area contributed by atoms with Crippen molar-refractivity contribution in [2.45, 2.75) is 109 Å². The van der Waals surface area contributed by atoms with E-state index >= 15 is 0 Å². The van der Waals surface area contributed by atoms with Crippen LogP contribution in [0.4, 0.5) is 0 Å². The Balaban J connectivity index is 1.75. The van der Waals surface area contributed by atoms with Crippen LogP contribution in [0.25, 0.3) is 0 Å². The van der Waals surface area contributed by atoms with Crippen LogP contribution in [0.3, 0.4) is 0 Å². The molecule has 2 fully saturated rings. The fraction of sp³-hybridized carbons (Fsp3) is 0.815. The predicted octanol–water partition coefficient (Wildman–Crippen LogP) is 5.88. The van der Waals surface area contributed by atoms with E-state index in [1.54, 1.807) is 7.11 Å². The first-order valence-electron chi connectivity index (χ1n) is 12.7.